The first-order chi connectivity index (χ1) is 37.8. The van der Waals surface area contributed by atoms with Gasteiger partial charge in [0.1, 0.15) is 0 Å². The molecule has 0 unspecified atom stereocenters. The van der Waals surface area contributed by atoms with Crippen LogP contribution in [0.25, 0.3) is 0 Å². The molecule has 0 heterocycles. The first kappa shape index (κ1) is 68.2. The van der Waals surface area contributed by atoms with Gasteiger partial charge in [-0.1, -0.05) is 0 Å². The van der Waals surface area contributed by atoms with Crippen molar-refractivity contribution in [3.8, 4) is 0 Å². The molecule has 12 aromatic carbocycles. The molecule has 0 saturated carbocycles. The first-order valence-corrected chi connectivity index (χ1v) is 36.9. The summed E-state index contributed by atoms with van der Waals surface area (Å²) >= 11 is -5.56. The summed E-state index contributed by atoms with van der Waals surface area (Å²) in [6.07, 6.45) is 0. The number of benzene rings is 12. The number of hydrogen-bond acceptors (Lipinski definition) is 0. The van der Waals surface area contributed by atoms with Crippen LogP contribution in [0.5, 0.6) is 0 Å². The fourth-order valence-electron chi connectivity index (χ4n) is 8.71. The SMILES string of the molecule is [Cl-].[Cl-].[Cl-].[Cl-].[Ru+4].c1ccc([As](c2ccccc2)c2ccccc2)cc1.c1ccc([As](c2ccccc2)c2ccccc2)cc1.c1ccc([As](c2ccccc2)c2ccccc2)cc1.c1ccc([As](c2ccccc2)c2ccccc2)cc1. The molecule has 12 aromatic rings. The Hall–Kier alpha value is -5.34. The van der Waals surface area contributed by atoms with Gasteiger partial charge in [0, 0.05) is 0 Å². The van der Waals surface area contributed by atoms with Crippen molar-refractivity contribution in [2.45, 2.75) is 0 Å². The molecule has 404 valence electrons. The quantitative estimate of drug-likeness (QED) is 0.114. The Kier molecular flexibility index (Phi) is 32.3. The summed E-state index contributed by atoms with van der Waals surface area (Å²) in [6.45, 7) is 0. The molecule has 0 aliphatic rings. The van der Waals surface area contributed by atoms with Crippen molar-refractivity contribution >= 4 is 111 Å². The predicted octanol–water partition coefficient (Wildman–Crippen LogP) is -3.18. The Balaban J connectivity index is 0.000000228. The van der Waals surface area contributed by atoms with E-state index in [0.717, 1.165) is 0 Å². The fourth-order valence-corrected chi connectivity index (χ4v) is 28.1. The average Bonchev–Trinajstić information content (AvgIpc) is 3.52. The van der Waals surface area contributed by atoms with E-state index in [1.165, 1.54) is 52.2 Å². The fraction of sp³-hybridized carbons (Fsp3) is 0. The predicted molar refractivity (Wildman–Crippen MR) is 336 cm³/mol. The molecule has 12 rings (SSSR count). The monoisotopic (exact) mass is 1470 g/mol. The Morgan fingerprint density at radius 3 is 0.235 bits per heavy atom. The van der Waals surface area contributed by atoms with Crippen molar-refractivity contribution in [2.75, 3.05) is 0 Å². The topological polar surface area (TPSA) is 0 Å². The van der Waals surface area contributed by atoms with Crippen molar-refractivity contribution in [3.05, 3.63) is 364 Å². The Morgan fingerprint density at radius 2 is 0.173 bits per heavy atom. The summed E-state index contributed by atoms with van der Waals surface area (Å²) in [5, 5.41) is 0. The maximum absolute atomic E-state index is 2.26. The van der Waals surface area contributed by atoms with Gasteiger partial charge in [0.05, 0.1) is 0 Å². The molecule has 0 aromatic heterocycles. The molecular formula is C72H60As4Cl4Ru. The number of hydrogen-bond donors (Lipinski definition) is 0. The Labute approximate surface area is 538 Å². The van der Waals surface area contributed by atoms with Gasteiger partial charge >= 0.3 is 494 Å². The maximum atomic E-state index is 2.26. The number of rotatable bonds is 12. The first-order valence-electron chi connectivity index (χ1n) is 25.6. The van der Waals surface area contributed by atoms with Crippen LogP contribution in [0.2, 0.25) is 0 Å². The van der Waals surface area contributed by atoms with Gasteiger partial charge < -0.3 is 49.6 Å². The van der Waals surface area contributed by atoms with Crippen molar-refractivity contribution in [2.24, 2.45) is 0 Å². The zero-order valence-electron chi connectivity index (χ0n) is 44.3. The molecule has 0 spiro atoms. The molecule has 81 heavy (non-hydrogen) atoms. The molecule has 0 amide bonds. The summed E-state index contributed by atoms with van der Waals surface area (Å²) < 4.78 is 17.7. The van der Waals surface area contributed by atoms with E-state index < -0.39 is 58.6 Å². The third-order valence-corrected chi connectivity index (χ3v) is 32.7. The van der Waals surface area contributed by atoms with Gasteiger partial charge in [0.2, 0.25) is 0 Å². The van der Waals surface area contributed by atoms with Gasteiger partial charge in [-0.2, -0.15) is 0 Å². The third kappa shape index (κ3) is 20.5. The molecule has 0 nitrogen and oxygen atoms in total. The van der Waals surface area contributed by atoms with Gasteiger partial charge in [-0.05, 0) is 0 Å². The summed E-state index contributed by atoms with van der Waals surface area (Å²) in [4.78, 5) is 0. The standard InChI is InChI=1S/4C18H15As.4ClH.Ru/c4*1-4-10-16(11-5-1)19(17-12-6-2-7-13-17)18-14-8-3-9-15-18;;;;;/h4*1-15H;4*1H;/q;;;;;;;;+4/p-4. The Bertz CT molecular complexity index is 2600. The van der Waals surface area contributed by atoms with Crippen molar-refractivity contribution in [1.29, 1.82) is 0 Å². The number of halogens is 4. The van der Waals surface area contributed by atoms with Crippen LogP contribution in [0, 0.1) is 0 Å². The normalized spacial score (nSPS) is 9.93. The van der Waals surface area contributed by atoms with Gasteiger partial charge in [0.15, 0.2) is 0 Å². The minimum atomic E-state index is -1.39. The Morgan fingerprint density at radius 1 is 0.111 bits per heavy atom. The molecule has 9 heteroatoms. The molecular weight excluding hydrogens is 1410 g/mol. The second kappa shape index (κ2) is 38.4. The minimum absolute atomic E-state index is 0. The van der Waals surface area contributed by atoms with Crippen LogP contribution in [0.3, 0.4) is 0 Å². The molecule has 0 saturated heterocycles. The van der Waals surface area contributed by atoms with Crippen LogP contribution in [0.4, 0.5) is 0 Å². The second-order valence-corrected chi connectivity index (χ2v) is 36.0. The van der Waals surface area contributed by atoms with E-state index in [9.17, 15) is 0 Å². The van der Waals surface area contributed by atoms with Crippen LogP contribution in [0.1, 0.15) is 0 Å². The summed E-state index contributed by atoms with van der Waals surface area (Å²) in [7, 11) is 0. The summed E-state index contributed by atoms with van der Waals surface area (Å²) in [5.74, 6) is 0. The van der Waals surface area contributed by atoms with Crippen LogP contribution < -0.4 is 102 Å². The van der Waals surface area contributed by atoms with E-state index in [4.69, 9.17) is 0 Å². The summed E-state index contributed by atoms with van der Waals surface area (Å²) in [6, 6.07) is 131. The van der Waals surface area contributed by atoms with E-state index >= 15 is 0 Å². The van der Waals surface area contributed by atoms with Crippen LogP contribution in [0.15, 0.2) is 364 Å². The van der Waals surface area contributed by atoms with Crippen LogP contribution in [-0.2, 0) is 19.5 Å². The van der Waals surface area contributed by atoms with E-state index in [2.05, 4.69) is 364 Å². The molecule has 0 radical (unpaired) electrons. The van der Waals surface area contributed by atoms with E-state index in [1.807, 2.05) is 0 Å². The van der Waals surface area contributed by atoms with Crippen molar-refractivity contribution in [1.82, 2.24) is 0 Å². The zero-order valence-corrected chi connectivity index (χ0v) is 56.6. The molecule has 0 N–H and O–H groups in total. The molecule has 0 bridgehead atoms. The van der Waals surface area contributed by atoms with Gasteiger partial charge in [0.25, 0.3) is 0 Å². The molecule has 0 aliphatic heterocycles. The second-order valence-electron chi connectivity index (χ2n) is 17.4. The van der Waals surface area contributed by atoms with E-state index in [1.54, 1.807) is 0 Å². The van der Waals surface area contributed by atoms with E-state index in [0.29, 0.717) is 0 Å². The summed E-state index contributed by atoms with van der Waals surface area (Å²) in [5.41, 5.74) is 0. The molecule has 0 fully saturated rings. The average molecular weight is 1470 g/mol. The molecule has 0 aliphatic carbocycles. The van der Waals surface area contributed by atoms with Crippen molar-refractivity contribution in [3.63, 3.8) is 0 Å². The van der Waals surface area contributed by atoms with Crippen LogP contribution in [-0.4, -0.2) is 58.6 Å². The zero-order chi connectivity index (χ0) is 51.7. The molecule has 0 atom stereocenters. The van der Waals surface area contributed by atoms with Gasteiger partial charge in [-0.15, -0.1) is 0 Å². The van der Waals surface area contributed by atoms with Crippen molar-refractivity contribution < 1.29 is 69.1 Å². The van der Waals surface area contributed by atoms with Gasteiger partial charge in [-0.25, -0.2) is 0 Å². The van der Waals surface area contributed by atoms with Crippen LogP contribution >= 0.6 is 0 Å². The van der Waals surface area contributed by atoms with E-state index in [-0.39, 0.29) is 69.1 Å². The van der Waals surface area contributed by atoms with Gasteiger partial charge in [-0.3, -0.25) is 0 Å². The third-order valence-electron chi connectivity index (χ3n) is 12.2.